The number of hydrogen-bond acceptors (Lipinski definition) is 4. The van der Waals surface area contributed by atoms with Crippen molar-refractivity contribution in [1.29, 1.82) is 0 Å². The predicted molar refractivity (Wildman–Crippen MR) is 70.1 cm³/mol. The Morgan fingerprint density at radius 2 is 2.22 bits per heavy atom. The molecule has 4 nitrogen and oxygen atoms in total. The minimum absolute atomic E-state index is 0.0434. The summed E-state index contributed by atoms with van der Waals surface area (Å²) in [4.78, 5) is 21.5. The van der Waals surface area contributed by atoms with Crippen LogP contribution in [0.4, 0.5) is 0 Å². The fraction of sp³-hybridized carbons (Fsp3) is 0.571. The SMILES string of the molecule is CC1(C)CC(=O)C=C(NCCOC/C=C/C=O)C1. The molecule has 0 bridgehead atoms. The lowest BCUT2D eigenvalue weighted by Crippen LogP contribution is -2.29. The number of aldehydes is 1. The molecule has 0 amide bonds. The molecule has 0 aromatic carbocycles. The van der Waals surface area contributed by atoms with Crippen molar-refractivity contribution in [1.82, 2.24) is 5.32 Å². The van der Waals surface area contributed by atoms with Crippen LogP contribution in [0.5, 0.6) is 0 Å². The van der Waals surface area contributed by atoms with Crippen LogP contribution < -0.4 is 5.32 Å². The predicted octanol–water partition coefficient (Wildman–Crippen LogP) is 1.62. The third-order valence-electron chi connectivity index (χ3n) is 2.68. The van der Waals surface area contributed by atoms with Crippen LogP contribution in [0.15, 0.2) is 23.9 Å². The first-order valence-corrected chi connectivity index (χ1v) is 6.19. The van der Waals surface area contributed by atoms with Gasteiger partial charge in [0, 0.05) is 24.7 Å². The Hall–Kier alpha value is -1.42. The van der Waals surface area contributed by atoms with Gasteiger partial charge in [-0.05, 0) is 17.9 Å². The van der Waals surface area contributed by atoms with Crippen molar-refractivity contribution in [3.63, 3.8) is 0 Å². The van der Waals surface area contributed by atoms with Gasteiger partial charge >= 0.3 is 0 Å². The highest BCUT2D eigenvalue weighted by molar-refractivity contribution is 5.91. The summed E-state index contributed by atoms with van der Waals surface area (Å²) in [5, 5.41) is 3.22. The van der Waals surface area contributed by atoms with E-state index in [1.54, 1.807) is 12.2 Å². The number of ketones is 1. The summed E-state index contributed by atoms with van der Waals surface area (Å²) < 4.78 is 5.29. The fourth-order valence-electron chi connectivity index (χ4n) is 2.01. The molecule has 1 rings (SSSR count). The number of allylic oxidation sites excluding steroid dienone is 3. The Kier molecular flexibility index (Phi) is 5.78. The van der Waals surface area contributed by atoms with Gasteiger partial charge in [0.05, 0.1) is 13.2 Å². The van der Waals surface area contributed by atoms with Crippen LogP contribution in [-0.4, -0.2) is 31.8 Å². The van der Waals surface area contributed by atoms with E-state index >= 15 is 0 Å². The molecular formula is C14H21NO3. The van der Waals surface area contributed by atoms with Crippen LogP contribution >= 0.6 is 0 Å². The molecule has 0 radical (unpaired) electrons. The average Bonchev–Trinajstić information content (AvgIpc) is 2.25. The first kappa shape index (κ1) is 14.6. The average molecular weight is 251 g/mol. The van der Waals surface area contributed by atoms with Crippen LogP contribution in [0.1, 0.15) is 26.7 Å². The zero-order valence-electron chi connectivity index (χ0n) is 11.1. The van der Waals surface area contributed by atoms with Crippen molar-refractivity contribution >= 4 is 12.1 Å². The number of carbonyl (C=O) groups is 2. The van der Waals surface area contributed by atoms with Crippen molar-refractivity contribution in [3.8, 4) is 0 Å². The van der Waals surface area contributed by atoms with E-state index < -0.39 is 0 Å². The Bertz CT molecular complexity index is 356. The minimum atomic E-state index is 0.0434. The molecule has 0 spiro atoms. The largest absolute Gasteiger partial charge is 0.386 e. The second-order valence-corrected chi connectivity index (χ2v) is 5.22. The Balaban J connectivity index is 2.21. The summed E-state index contributed by atoms with van der Waals surface area (Å²) in [5.74, 6) is 0.184. The second-order valence-electron chi connectivity index (χ2n) is 5.22. The zero-order chi connectivity index (χ0) is 13.4. The van der Waals surface area contributed by atoms with E-state index in [4.69, 9.17) is 4.74 Å². The number of rotatable bonds is 7. The summed E-state index contributed by atoms with van der Waals surface area (Å²) >= 11 is 0. The van der Waals surface area contributed by atoms with Gasteiger partial charge in [0.15, 0.2) is 5.78 Å². The molecule has 18 heavy (non-hydrogen) atoms. The highest BCUT2D eigenvalue weighted by atomic mass is 16.5. The molecule has 1 aliphatic carbocycles. The smallest absolute Gasteiger partial charge is 0.157 e. The maximum Gasteiger partial charge on any atom is 0.157 e. The van der Waals surface area contributed by atoms with Crippen molar-refractivity contribution < 1.29 is 14.3 Å². The van der Waals surface area contributed by atoms with Crippen molar-refractivity contribution in [2.45, 2.75) is 26.7 Å². The molecule has 100 valence electrons. The topological polar surface area (TPSA) is 55.4 Å². The number of carbonyl (C=O) groups excluding carboxylic acids is 2. The summed E-state index contributed by atoms with van der Waals surface area (Å²) in [6, 6.07) is 0. The lowest BCUT2D eigenvalue weighted by atomic mass is 9.79. The molecule has 1 aliphatic rings. The molecule has 0 aromatic heterocycles. The summed E-state index contributed by atoms with van der Waals surface area (Å²) in [6.45, 7) is 5.85. The lowest BCUT2D eigenvalue weighted by Gasteiger charge is -2.29. The van der Waals surface area contributed by atoms with Crippen LogP contribution in [0.25, 0.3) is 0 Å². The number of nitrogens with one attached hydrogen (secondary N) is 1. The van der Waals surface area contributed by atoms with Crippen LogP contribution in [-0.2, 0) is 14.3 Å². The van der Waals surface area contributed by atoms with E-state index in [1.165, 1.54) is 6.08 Å². The van der Waals surface area contributed by atoms with Gasteiger partial charge in [-0.3, -0.25) is 9.59 Å². The summed E-state index contributed by atoms with van der Waals surface area (Å²) in [5.41, 5.74) is 1.03. The molecule has 0 saturated heterocycles. The van der Waals surface area contributed by atoms with E-state index in [1.807, 2.05) is 0 Å². The normalized spacial score (nSPS) is 18.8. The Morgan fingerprint density at radius 1 is 1.44 bits per heavy atom. The minimum Gasteiger partial charge on any atom is -0.386 e. The molecule has 0 fully saturated rings. The molecule has 0 aromatic rings. The van der Waals surface area contributed by atoms with Crippen LogP contribution in [0.2, 0.25) is 0 Å². The van der Waals surface area contributed by atoms with Gasteiger partial charge in [-0.1, -0.05) is 19.9 Å². The second kappa shape index (κ2) is 7.11. The molecule has 0 heterocycles. The summed E-state index contributed by atoms with van der Waals surface area (Å²) in [7, 11) is 0. The monoisotopic (exact) mass is 251 g/mol. The van der Waals surface area contributed by atoms with E-state index in [2.05, 4.69) is 19.2 Å². The summed E-state index contributed by atoms with van der Waals surface area (Å²) in [6.07, 6.45) is 7.01. The molecular weight excluding hydrogens is 230 g/mol. The third kappa shape index (κ3) is 5.77. The van der Waals surface area contributed by atoms with E-state index in [-0.39, 0.29) is 11.2 Å². The van der Waals surface area contributed by atoms with Crippen molar-refractivity contribution in [2.24, 2.45) is 5.41 Å². The van der Waals surface area contributed by atoms with E-state index in [0.717, 1.165) is 18.4 Å². The highest BCUT2D eigenvalue weighted by Gasteiger charge is 2.27. The first-order valence-electron chi connectivity index (χ1n) is 6.19. The van der Waals surface area contributed by atoms with Gasteiger partial charge in [0.2, 0.25) is 0 Å². The maximum atomic E-state index is 11.5. The molecule has 4 heteroatoms. The van der Waals surface area contributed by atoms with Gasteiger partial charge in [0.1, 0.15) is 6.29 Å². The number of ether oxygens (including phenoxy) is 1. The van der Waals surface area contributed by atoms with Gasteiger partial charge in [-0.2, -0.15) is 0 Å². The lowest BCUT2D eigenvalue weighted by molar-refractivity contribution is -0.117. The van der Waals surface area contributed by atoms with E-state index in [0.29, 0.717) is 26.2 Å². The number of hydrogen-bond donors (Lipinski definition) is 1. The third-order valence-corrected chi connectivity index (χ3v) is 2.68. The molecule has 0 saturated carbocycles. The van der Waals surface area contributed by atoms with Crippen molar-refractivity contribution in [3.05, 3.63) is 23.9 Å². The van der Waals surface area contributed by atoms with Crippen LogP contribution in [0.3, 0.4) is 0 Å². The molecule has 0 unspecified atom stereocenters. The standard InChI is InChI=1S/C14H21NO3/c1-14(2)10-12(9-13(17)11-14)15-5-8-18-7-4-3-6-16/h3-4,6,9,15H,5,7-8,10-11H2,1-2H3/b4-3+. The Morgan fingerprint density at radius 3 is 2.89 bits per heavy atom. The fourth-order valence-corrected chi connectivity index (χ4v) is 2.01. The van der Waals surface area contributed by atoms with Gasteiger partial charge in [-0.25, -0.2) is 0 Å². The first-order chi connectivity index (χ1) is 8.53. The van der Waals surface area contributed by atoms with Gasteiger partial charge < -0.3 is 10.1 Å². The van der Waals surface area contributed by atoms with E-state index in [9.17, 15) is 9.59 Å². The quantitative estimate of drug-likeness (QED) is 0.424. The van der Waals surface area contributed by atoms with Gasteiger partial charge in [0.25, 0.3) is 0 Å². The maximum absolute atomic E-state index is 11.5. The zero-order valence-corrected chi connectivity index (χ0v) is 11.1. The Labute approximate surface area is 108 Å². The molecule has 0 atom stereocenters. The van der Waals surface area contributed by atoms with Gasteiger partial charge in [-0.15, -0.1) is 0 Å². The van der Waals surface area contributed by atoms with Crippen molar-refractivity contribution in [2.75, 3.05) is 19.8 Å². The highest BCUT2D eigenvalue weighted by Crippen LogP contribution is 2.32. The van der Waals surface area contributed by atoms with Crippen LogP contribution in [0, 0.1) is 5.41 Å². The molecule has 1 N–H and O–H groups in total. The molecule has 0 aliphatic heterocycles.